The minimum Gasteiger partial charge on any atom is -0.330 e. The van der Waals surface area contributed by atoms with Crippen molar-refractivity contribution in [2.24, 2.45) is 11.7 Å². The summed E-state index contributed by atoms with van der Waals surface area (Å²) in [6.45, 7) is 2.77. The largest absolute Gasteiger partial charge is 0.330 e. The third-order valence-electron chi connectivity index (χ3n) is 3.79. The number of hydrogen-bond donors (Lipinski definition) is 1. The first kappa shape index (κ1) is 17.5. The van der Waals surface area contributed by atoms with Gasteiger partial charge in [-0.3, -0.25) is 0 Å². The molecule has 1 fully saturated rings. The standard InChI is InChI=1S/C13H17BrCl2N2O2S/c1-8-2-3-9(6-17)7-18(8)21(19,20)13-11(15)4-10(14)5-12(13)16/h4-5,8-9H,2-3,6-7,17H2,1H3. The molecule has 0 radical (unpaired) electrons. The number of hydrogen-bond acceptors (Lipinski definition) is 3. The molecule has 1 aromatic carbocycles. The van der Waals surface area contributed by atoms with Crippen LogP contribution in [0.3, 0.4) is 0 Å². The van der Waals surface area contributed by atoms with Crippen molar-refractivity contribution in [1.29, 1.82) is 0 Å². The molecule has 8 heteroatoms. The normalized spacial score (nSPS) is 24.2. The summed E-state index contributed by atoms with van der Waals surface area (Å²) in [5.41, 5.74) is 5.69. The Bertz CT molecular complexity index is 616. The molecule has 1 aliphatic rings. The quantitative estimate of drug-likeness (QED) is 0.821. The van der Waals surface area contributed by atoms with E-state index in [4.69, 9.17) is 28.9 Å². The van der Waals surface area contributed by atoms with Gasteiger partial charge in [-0.2, -0.15) is 4.31 Å². The van der Waals surface area contributed by atoms with E-state index in [9.17, 15) is 8.42 Å². The molecule has 118 valence electrons. The van der Waals surface area contributed by atoms with E-state index in [1.807, 2.05) is 6.92 Å². The van der Waals surface area contributed by atoms with Gasteiger partial charge in [0.25, 0.3) is 0 Å². The van der Waals surface area contributed by atoms with E-state index in [-0.39, 0.29) is 26.9 Å². The lowest BCUT2D eigenvalue weighted by atomic mass is 9.96. The minimum atomic E-state index is -3.74. The SMILES string of the molecule is CC1CCC(CN)CN1S(=O)(=O)c1c(Cl)cc(Br)cc1Cl. The molecule has 1 heterocycles. The van der Waals surface area contributed by atoms with Crippen LogP contribution in [0.5, 0.6) is 0 Å². The molecular formula is C13H17BrCl2N2O2S. The Balaban J connectivity index is 2.46. The van der Waals surface area contributed by atoms with Crippen LogP contribution in [0, 0.1) is 5.92 Å². The first-order chi connectivity index (χ1) is 9.77. The summed E-state index contributed by atoms with van der Waals surface area (Å²) in [4.78, 5) is -0.0291. The fourth-order valence-electron chi connectivity index (χ4n) is 2.57. The molecule has 2 N–H and O–H groups in total. The Morgan fingerprint density at radius 1 is 1.33 bits per heavy atom. The number of piperidine rings is 1. The van der Waals surface area contributed by atoms with Gasteiger partial charge in [0.2, 0.25) is 10.0 Å². The lowest BCUT2D eigenvalue weighted by Gasteiger charge is -2.36. The van der Waals surface area contributed by atoms with Crippen LogP contribution < -0.4 is 5.73 Å². The smallest absolute Gasteiger partial charge is 0.246 e. The molecule has 21 heavy (non-hydrogen) atoms. The molecule has 0 aromatic heterocycles. The number of sulfonamides is 1. The Morgan fingerprint density at radius 3 is 2.43 bits per heavy atom. The van der Waals surface area contributed by atoms with Crippen molar-refractivity contribution in [2.75, 3.05) is 13.1 Å². The summed E-state index contributed by atoms with van der Waals surface area (Å²) in [5, 5.41) is 0.243. The first-order valence-electron chi connectivity index (χ1n) is 6.63. The van der Waals surface area contributed by atoms with Crippen molar-refractivity contribution in [2.45, 2.75) is 30.7 Å². The highest BCUT2D eigenvalue weighted by atomic mass is 79.9. The predicted molar refractivity (Wildman–Crippen MR) is 89.3 cm³/mol. The highest BCUT2D eigenvalue weighted by molar-refractivity contribution is 9.10. The summed E-state index contributed by atoms with van der Waals surface area (Å²) >= 11 is 15.5. The van der Waals surface area contributed by atoms with Crippen LogP contribution in [-0.2, 0) is 10.0 Å². The predicted octanol–water partition coefficient (Wildman–Crippen LogP) is 3.50. The van der Waals surface area contributed by atoms with Gasteiger partial charge >= 0.3 is 0 Å². The average molecular weight is 416 g/mol. The Labute approximate surface area is 143 Å². The van der Waals surface area contributed by atoms with Crippen molar-refractivity contribution in [3.05, 3.63) is 26.7 Å². The second-order valence-corrected chi connectivity index (χ2v) is 8.86. The summed E-state index contributed by atoms with van der Waals surface area (Å²) in [7, 11) is -3.74. The van der Waals surface area contributed by atoms with Crippen molar-refractivity contribution in [3.63, 3.8) is 0 Å². The van der Waals surface area contributed by atoms with Gasteiger partial charge in [0.1, 0.15) is 4.90 Å². The van der Waals surface area contributed by atoms with Crippen LogP contribution in [0.25, 0.3) is 0 Å². The molecular weight excluding hydrogens is 399 g/mol. The molecule has 4 nitrogen and oxygen atoms in total. The summed E-state index contributed by atoms with van der Waals surface area (Å²) in [6, 6.07) is 2.98. The highest BCUT2D eigenvalue weighted by Gasteiger charge is 2.36. The fourth-order valence-corrected chi connectivity index (χ4v) is 6.19. The van der Waals surface area contributed by atoms with Crippen molar-refractivity contribution >= 4 is 49.2 Å². The zero-order valence-corrected chi connectivity index (χ0v) is 15.4. The number of nitrogens with zero attached hydrogens (tertiary/aromatic N) is 1. The van der Waals surface area contributed by atoms with E-state index in [0.29, 0.717) is 17.6 Å². The van der Waals surface area contributed by atoms with Gasteiger partial charge in [0.15, 0.2) is 0 Å². The topological polar surface area (TPSA) is 63.4 Å². The number of nitrogens with two attached hydrogens (primary N) is 1. The first-order valence-corrected chi connectivity index (χ1v) is 9.62. The Hall–Kier alpha value is 0.150. The van der Waals surface area contributed by atoms with Gasteiger partial charge in [-0.05, 0) is 44.4 Å². The third kappa shape index (κ3) is 3.57. The molecule has 2 rings (SSSR count). The van der Waals surface area contributed by atoms with Gasteiger partial charge in [-0.1, -0.05) is 39.1 Å². The van der Waals surface area contributed by atoms with Gasteiger partial charge in [0, 0.05) is 17.1 Å². The van der Waals surface area contributed by atoms with Crippen LogP contribution in [0.4, 0.5) is 0 Å². The van der Waals surface area contributed by atoms with Crippen LogP contribution in [0.1, 0.15) is 19.8 Å². The third-order valence-corrected chi connectivity index (χ3v) is 7.15. The van der Waals surface area contributed by atoms with Crippen molar-refractivity contribution in [3.8, 4) is 0 Å². The molecule has 2 unspecified atom stereocenters. The molecule has 0 bridgehead atoms. The molecule has 0 amide bonds. The van der Waals surface area contributed by atoms with E-state index in [0.717, 1.165) is 12.8 Å². The van der Waals surface area contributed by atoms with E-state index in [1.165, 1.54) is 16.4 Å². The maximum Gasteiger partial charge on any atom is 0.246 e. The van der Waals surface area contributed by atoms with E-state index in [2.05, 4.69) is 15.9 Å². The van der Waals surface area contributed by atoms with Gasteiger partial charge in [-0.15, -0.1) is 0 Å². The maximum absolute atomic E-state index is 12.9. The lowest BCUT2D eigenvalue weighted by Crippen LogP contribution is -2.47. The van der Waals surface area contributed by atoms with Crippen molar-refractivity contribution < 1.29 is 8.42 Å². The zero-order chi connectivity index (χ0) is 15.8. The van der Waals surface area contributed by atoms with Crippen LogP contribution in [0.15, 0.2) is 21.5 Å². The monoisotopic (exact) mass is 414 g/mol. The zero-order valence-electron chi connectivity index (χ0n) is 11.5. The summed E-state index contributed by atoms with van der Waals surface area (Å²) in [5.74, 6) is 0.170. The second kappa shape index (κ2) is 6.72. The summed E-state index contributed by atoms with van der Waals surface area (Å²) < 4.78 is 27.9. The number of rotatable bonds is 3. The second-order valence-electron chi connectivity index (χ2n) is 5.30. The number of halogens is 3. The van der Waals surface area contributed by atoms with Crippen LogP contribution in [-0.4, -0.2) is 31.9 Å². The van der Waals surface area contributed by atoms with E-state index >= 15 is 0 Å². The van der Waals surface area contributed by atoms with E-state index in [1.54, 1.807) is 0 Å². The average Bonchev–Trinajstić information content (AvgIpc) is 2.37. The summed E-state index contributed by atoms with van der Waals surface area (Å²) in [6.07, 6.45) is 1.72. The molecule has 0 saturated carbocycles. The van der Waals surface area contributed by atoms with Crippen LogP contribution >= 0.6 is 39.1 Å². The maximum atomic E-state index is 12.9. The molecule has 1 saturated heterocycles. The lowest BCUT2D eigenvalue weighted by molar-refractivity contribution is 0.211. The molecule has 2 atom stereocenters. The Morgan fingerprint density at radius 2 is 1.90 bits per heavy atom. The molecule has 0 aliphatic carbocycles. The van der Waals surface area contributed by atoms with Gasteiger partial charge < -0.3 is 5.73 Å². The Kier molecular flexibility index (Phi) is 5.60. The minimum absolute atomic E-state index is 0.0291. The molecule has 1 aromatic rings. The molecule has 1 aliphatic heterocycles. The van der Waals surface area contributed by atoms with E-state index < -0.39 is 10.0 Å². The molecule has 0 spiro atoms. The number of benzene rings is 1. The highest BCUT2D eigenvalue weighted by Crippen LogP contribution is 2.37. The van der Waals surface area contributed by atoms with Crippen LogP contribution in [0.2, 0.25) is 10.0 Å². The van der Waals surface area contributed by atoms with Gasteiger partial charge in [0.05, 0.1) is 10.0 Å². The van der Waals surface area contributed by atoms with Crippen molar-refractivity contribution in [1.82, 2.24) is 4.31 Å². The van der Waals surface area contributed by atoms with Gasteiger partial charge in [-0.25, -0.2) is 8.42 Å². The fraction of sp³-hybridized carbons (Fsp3) is 0.538.